The molecule has 0 radical (unpaired) electrons. The molecule has 0 aromatic heterocycles. The Morgan fingerprint density at radius 2 is 2.00 bits per heavy atom. The maximum Gasteiger partial charge on any atom is 0.146 e. The maximum atomic E-state index is 10.9. The molecule has 0 unspecified atom stereocenters. The summed E-state index contributed by atoms with van der Waals surface area (Å²) in [5, 5.41) is 2.78. The maximum absolute atomic E-state index is 10.9. The van der Waals surface area contributed by atoms with E-state index in [0.29, 0.717) is 12.1 Å². The number of hydrogen-bond acceptors (Lipinski definition) is 4. The van der Waals surface area contributed by atoms with E-state index in [1.807, 2.05) is 0 Å². The number of nitrogens with zero attached hydrogens (tertiary/aromatic N) is 1. The number of ketones is 1. The van der Waals surface area contributed by atoms with Crippen molar-refractivity contribution in [1.29, 1.82) is 0 Å². The van der Waals surface area contributed by atoms with Crippen molar-refractivity contribution in [3.05, 3.63) is 34.7 Å². The van der Waals surface area contributed by atoms with Gasteiger partial charge in [0.15, 0.2) is 0 Å². The van der Waals surface area contributed by atoms with Crippen molar-refractivity contribution in [1.82, 2.24) is 0 Å². The number of nitroso groups, excluding NO2 is 1. The molecule has 1 atom stereocenters. The largest absolute Gasteiger partial charge is 0.321 e. The van der Waals surface area contributed by atoms with Gasteiger partial charge in [0.25, 0.3) is 0 Å². The van der Waals surface area contributed by atoms with Gasteiger partial charge >= 0.3 is 0 Å². The topological polar surface area (TPSA) is 72.5 Å². The van der Waals surface area contributed by atoms with Gasteiger partial charge in [-0.2, -0.15) is 0 Å². The third kappa shape index (κ3) is 2.74. The molecule has 0 aliphatic rings. The first-order chi connectivity index (χ1) is 6.63. The van der Waals surface area contributed by atoms with Gasteiger partial charge in [-0.1, -0.05) is 12.1 Å². The lowest BCUT2D eigenvalue weighted by atomic mass is 10.0. The zero-order valence-corrected chi connectivity index (χ0v) is 7.93. The van der Waals surface area contributed by atoms with Gasteiger partial charge in [-0.15, -0.1) is 4.91 Å². The van der Waals surface area contributed by atoms with Crippen molar-refractivity contribution < 1.29 is 4.79 Å². The molecule has 0 spiro atoms. The first kappa shape index (κ1) is 10.5. The lowest BCUT2D eigenvalue weighted by Crippen LogP contribution is -2.30. The van der Waals surface area contributed by atoms with Crippen molar-refractivity contribution in [2.45, 2.75) is 19.4 Å². The predicted molar refractivity (Wildman–Crippen MR) is 54.3 cm³/mol. The summed E-state index contributed by atoms with van der Waals surface area (Å²) in [6.45, 7) is 1.46. The summed E-state index contributed by atoms with van der Waals surface area (Å²) >= 11 is 0. The van der Waals surface area contributed by atoms with Gasteiger partial charge < -0.3 is 5.73 Å². The molecule has 1 aromatic rings. The molecule has 0 amide bonds. The van der Waals surface area contributed by atoms with Gasteiger partial charge in [0, 0.05) is 0 Å². The number of nitrogens with two attached hydrogens (primary N) is 1. The molecule has 0 aliphatic carbocycles. The predicted octanol–water partition coefficient (Wildman–Crippen LogP) is 1.54. The highest BCUT2D eigenvalue weighted by atomic mass is 16.3. The van der Waals surface area contributed by atoms with Crippen LogP contribution in [0.2, 0.25) is 0 Å². The molecule has 0 heterocycles. The van der Waals surface area contributed by atoms with Gasteiger partial charge in [-0.3, -0.25) is 4.79 Å². The fourth-order valence-electron chi connectivity index (χ4n) is 1.09. The molecule has 0 bridgehead atoms. The summed E-state index contributed by atoms with van der Waals surface area (Å²) in [6.07, 6.45) is 0.495. The van der Waals surface area contributed by atoms with Gasteiger partial charge in [-0.25, -0.2) is 0 Å². The highest BCUT2D eigenvalue weighted by molar-refractivity contribution is 5.81. The van der Waals surface area contributed by atoms with E-state index in [1.54, 1.807) is 24.3 Å². The smallest absolute Gasteiger partial charge is 0.146 e. The zero-order valence-electron chi connectivity index (χ0n) is 7.93. The normalized spacial score (nSPS) is 12.1. The molecular weight excluding hydrogens is 180 g/mol. The van der Waals surface area contributed by atoms with Crippen molar-refractivity contribution >= 4 is 11.5 Å². The first-order valence-corrected chi connectivity index (χ1v) is 4.32. The van der Waals surface area contributed by atoms with Crippen LogP contribution in [0.25, 0.3) is 0 Å². The van der Waals surface area contributed by atoms with E-state index in [4.69, 9.17) is 5.73 Å². The van der Waals surface area contributed by atoms with E-state index in [9.17, 15) is 9.70 Å². The fraction of sp³-hybridized carbons (Fsp3) is 0.300. The van der Waals surface area contributed by atoms with Crippen molar-refractivity contribution in [2.24, 2.45) is 10.9 Å². The lowest BCUT2D eigenvalue weighted by Gasteiger charge is -2.06. The van der Waals surface area contributed by atoms with Gasteiger partial charge in [0.05, 0.1) is 6.04 Å². The Labute approximate surface area is 82.1 Å². The molecule has 1 rings (SSSR count). The summed E-state index contributed by atoms with van der Waals surface area (Å²) in [4.78, 5) is 21.0. The van der Waals surface area contributed by atoms with Gasteiger partial charge in [-0.05, 0) is 36.2 Å². The highest BCUT2D eigenvalue weighted by Gasteiger charge is 2.08. The minimum atomic E-state index is -0.468. The van der Waals surface area contributed by atoms with Gasteiger partial charge in [0.2, 0.25) is 0 Å². The summed E-state index contributed by atoms with van der Waals surface area (Å²) < 4.78 is 0. The lowest BCUT2D eigenvalue weighted by molar-refractivity contribution is -0.118. The molecule has 74 valence electrons. The second kappa shape index (κ2) is 4.62. The molecule has 4 nitrogen and oxygen atoms in total. The van der Waals surface area contributed by atoms with Crippen LogP contribution < -0.4 is 5.73 Å². The second-order valence-electron chi connectivity index (χ2n) is 3.18. The van der Waals surface area contributed by atoms with Crippen LogP contribution in [0.15, 0.2) is 29.4 Å². The summed E-state index contributed by atoms with van der Waals surface area (Å²) in [6, 6.07) is 6.24. The average Bonchev–Trinajstić information content (AvgIpc) is 2.19. The molecule has 0 saturated heterocycles. The average molecular weight is 192 g/mol. The fourth-order valence-corrected chi connectivity index (χ4v) is 1.09. The van der Waals surface area contributed by atoms with Crippen LogP contribution in [0.5, 0.6) is 0 Å². The van der Waals surface area contributed by atoms with E-state index < -0.39 is 6.04 Å². The van der Waals surface area contributed by atoms with Crippen LogP contribution in [-0.2, 0) is 11.2 Å². The third-order valence-electron chi connectivity index (χ3n) is 2.02. The minimum absolute atomic E-state index is 0.0393. The van der Waals surface area contributed by atoms with E-state index in [1.165, 1.54) is 6.92 Å². The number of Topliss-reactive ketones (excluding diaryl/α,β-unsaturated/α-hetero) is 1. The van der Waals surface area contributed by atoms with E-state index in [2.05, 4.69) is 5.18 Å². The Balaban J connectivity index is 2.68. The van der Waals surface area contributed by atoms with Gasteiger partial charge in [0.1, 0.15) is 11.5 Å². The molecule has 1 aromatic carbocycles. The van der Waals surface area contributed by atoms with E-state index in [-0.39, 0.29) is 5.78 Å². The number of carbonyl (C=O) groups is 1. The van der Waals surface area contributed by atoms with E-state index in [0.717, 1.165) is 5.56 Å². The van der Waals surface area contributed by atoms with Crippen molar-refractivity contribution in [3.8, 4) is 0 Å². The Morgan fingerprint density at radius 1 is 1.43 bits per heavy atom. The molecule has 14 heavy (non-hydrogen) atoms. The summed E-state index contributed by atoms with van der Waals surface area (Å²) in [5.41, 5.74) is 6.89. The second-order valence-corrected chi connectivity index (χ2v) is 3.18. The number of carbonyl (C=O) groups excluding carboxylic acids is 1. The number of benzene rings is 1. The van der Waals surface area contributed by atoms with Crippen LogP contribution in [-0.4, -0.2) is 11.8 Å². The van der Waals surface area contributed by atoms with Crippen LogP contribution in [0.4, 0.5) is 5.69 Å². The Hall–Kier alpha value is -1.55. The molecule has 2 N–H and O–H groups in total. The molecule has 0 aliphatic heterocycles. The highest BCUT2D eigenvalue weighted by Crippen LogP contribution is 2.13. The number of rotatable bonds is 4. The Morgan fingerprint density at radius 3 is 2.43 bits per heavy atom. The summed E-state index contributed by atoms with van der Waals surface area (Å²) in [5.74, 6) is -0.0393. The Kier molecular flexibility index (Phi) is 3.48. The Bertz CT molecular complexity index is 332. The van der Waals surface area contributed by atoms with Crippen LogP contribution >= 0.6 is 0 Å². The van der Waals surface area contributed by atoms with Crippen molar-refractivity contribution in [3.63, 3.8) is 0 Å². The molecule has 0 saturated carbocycles. The zero-order chi connectivity index (χ0) is 10.6. The quantitative estimate of drug-likeness (QED) is 0.735. The third-order valence-corrected chi connectivity index (χ3v) is 2.02. The SMILES string of the molecule is CC(=O)[C@@H](N)Cc1ccc(N=O)cc1. The van der Waals surface area contributed by atoms with Crippen molar-refractivity contribution in [2.75, 3.05) is 0 Å². The molecular formula is C10H12N2O2. The van der Waals surface area contributed by atoms with Crippen LogP contribution in [0, 0.1) is 4.91 Å². The monoisotopic (exact) mass is 192 g/mol. The standard InChI is InChI=1S/C10H12N2O2/c1-7(13)10(11)6-8-2-4-9(12-14)5-3-8/h2-5,10H,6,11H2,1H3/t10-/m0/s1. The van der Waals surface area contributed by atoms with E-state index >= 15 is 0 Å². The van der Waals surface area contributed by atoms with Crippen LogP contribution in [0.1, 0.15) is 12.5 Å². The first-order valence-electron chi connectivity index (χ1n) is 4.32. The van der Waals surface area contributed by atoms with Crippen LogP contribution in [0.3, 0.4) is 0 Å². The molecule has 0 fully saturated rings. The summed E-state index contributed by atoms with van der Waals surface area (Å²) in [7, 11) is 0. The molecule has 4 heteroatoms. The number of hydrogen-bond donors (Lipinski definition) is 1. The minimum Gasteiger partial charge on any atom is -0.321 e.